The molecule has 0 aromatic carbocycles. The van der Waals surface area contributed by atoms with Crippen molar-refractivity contribution in [1.82, 2.24) is 19.9 Å². The monoisotopic (exact) mass is 398 g/mol. The highest BCUT2D eigenvalue weighted by Gasteiger charge is 2.33. The molecule has 0 amide bonds. The van der Waals surface area contributed by atoms with E-state index in [9.17, 15) is 0 Å². The van der Waals surface area contributed by atoms with Gasteiger partial charge in [0.1, 0.15) is 0 Å². The fourth-order valence-corrected chi connectivity index (χ4v) is 3.84. The number of ether oxygens (including phenoxy) is 2. The summed E-state index contributed by atoms with van der Waals surface area (Å²) in [6.07, 6.45) is 10.8. The Bertz CT molecular complexity index is 1000. The third-order valence-corrected chi connectivity index (χ3v) is 5.08. The van der Waals surface area contributed by atoms with Crippen LogP contribution >= 0.6 is 0 Å². The second-order valence-corrected chi connectivity index (χ2v) is 6.73. The molecule has 0 bridgehead atoms. The Morgan fingerprint density at radius 1 is 0.600 bits per heavy atom. The third-order valence-electron chi connectivity index (χ3n) is 5.08. The Labute approximate surface area is 175 Å². The number of nitrogens with zero attached hydrogens (tertiary/aromatic N) is 4. The Morgan fingerprint density at radius 2 is 1.07 bits per heavy atom. The van der Waals surface area contributed by atoms with Crippen molar-refractivity contribution < 1.29 is 9.47 Å². The minimum absolute atomic E-state index is 0.108. The molecule has 0 unspecified atom stereocenters. The molecule has 150 valence electrons. The molecule has 0 aliphatic rings. The van der Waals surface area contributed by atoms with Gasteiger partial charge in [0, 0.05) is 60.1 Å². The molecule has 0 aliphatic heterocycles. The van der Waals surface area contributed by atoms with Gasteiger partial charge in [0.15, 0.2) is 0 Å². The van der Waals surface area contributed by atoms with Crippen LogP contribution in [0.4, 0.5) is 0 Å². The third kappa shape index (κ3) is 3.85. The van der Waals surface area contributed by atoms with Crippen LogP contribution in [0, 0.1) is 0 Å². The molecule has 0 fully saturated rings. The molecule has 0 aliphatic carbocycles. The predicted octanol–water partition coefficient (Wildman–Crippen LogP) is 4.25. The van der Waals surface area contributed by atoms with Gasteiger partial charge in [-0.15, -0.1) is 0 Å². The molecule has 0 atom stereocenters. The maximum absolute atomic E-state index is 5.64. The van der Waals surface area contributed by atoms with Crippen LogP contribution in [0.3, 0.4) is 0 Å². The van der Waals surface area contributed by atoms with Crippen LogP contribution in [0.2, 0.25) is 0 Å². The zero-order valence-electron chi connectivity index (χ0n) is 16.8. The molecular formula is C24H22N4O2. The molecule has 0 N–H and O–H groups in total. The van der Waals surface area contributed by atoms with E-state index >= 15 is 0 Å². The van der Waals surface area contributed by atoms with Gasteiger partial charge in [-0.25, -0.2) is 9.97 Å². The Hall–Kier alpha value is -3.80. The van der Waals surface area contributed by atoms with Gasteiger partial charge in [-0.1, -0.05) is 24.3 Å². The summed E-state index contributed by atoms with van der Waals surface area (Å²) in [7, 11) is 3.26. The van der Waals surface area contributed by atoms with Crippen molar-refractivity contribution in [2.45, 2.75) is 11.8 Å². The average Bonchev–Trinajstić information content (AvgIpc) is 2.83. The molecule has 4 heterocycles. The Morgan fingerprint density at radius 3 is 1.47 bits per heavy atom. The number of rotatable bonds is 7. The van der Waals surface area contributed by atoms with E-state index in [0.717, 1.165) is 22.3 Å². The lowest BCUT2D eigenvalue weighted by molar-refractivity contribution is 0.379. The molecule has 0 radical (unpaired) electrons. The molecule has 6 nitrogen and oxygen atoms in total. The summed E-state index contributed by atoms with van der Waals surface area (Å²) in [6.45, 7) is 0. The number of aromatic nitrogens is 4. The van der Waals surface area contributed by atoms with Crippen molar-refractivity contribution in [3.05, 3.63) is 108 Å². The average molecular weight is 398 g/mol. The van der Waals surface area contributed by atoms with Gasteiger partial charge in [0.25, 0.3) is 0 Å². The molecular weight excluding hydrogens is 376 g/mol. The van der Waals surface area contributed by atoms with Crippen molar-refractivity contribution in [1.29, 1.82) is 0 Å². The van der Waals surface area contributed by atoms with Gasteiger partial charge in [0.05, 0.1) is 14.2 Å². The first-order chi connectivity index (χ1) is 14.8. The van der Waals surface area contributed by atoms with Crippen molar-refractivity contribution in [2.75, 3.05) is 14.2 Å². The van der Waals surface area contributed by atoms with Crippen molar-refractivity contribution in [3.8, 4) is 11.8 Å². The molecule has 0 spiro atoms. The second kappa shape index (κ2) is 9.13. The second-order valence-electron chi connectivity index (χ2n) is 6.73. The van der Waals surface area contributed by atoms with E-state index in [1.807, 2.05) is 48.8 Å². The van der Waals surface area contributed by atoms with Gasteiger partial charge in [-0.2, -0.15) is 0 Å². The number of methoxy groups -OCH3 is 2. The number of pyridine rings is 4. The van der Waals surface area contributed by atoms with Crippen LogP contribution in [0.25, 0.3) is 0 Å². The highest BCUT2D eigenvalue weighted by molar-refractivity contribution is 5.49. The molecule has 4 aromatic rings. The van der Waals surface area contributed by atoms with Crippen LogP contribution in [0.1, 0.15) is 34.1 Å². The van der Waals surface area contributed by atoms with Crippen LogP contribution in [-0.2, 0) is 0 Å². The Balaban J connectivity index is 2.02. The van der Waals surface area contributed by atoms with Gasteiger partial charge in [-0.05, 0) is 35.4 Å². The fourth-order valence-electron chi connectivity index (χ4n) is 3.84. The van der Waals surface area contributed by atoms with Crippen LogP contribution in [0.5, 0.6) is 11.8 Å². The van der Waals surface area contributed by atoms with Gasteiger partial charge in [-0.3, -0.25) is 9.97 Å². The first-order valence-corrected chi connectivity index (χ1v) is 9.61. The van der Waals surface area contributed by atoms with E-state index in [2.05, 4.69) is 32.1 Å². The summed E-state index contributed by atoms with van der Waals surface area (Å²) in [5.41, 5.74) is 3.97. The molecule has 4 rings (SSSR count). The Kier molecular flexibility index (Phi) is 5.94. The summed E-state index contributed by atoms with van der Waals surface area (Å²) in [5.74, 6) is 0.826. The molecule has 0 saturated heterocycles. The van der Waals surface area contributed by atoms with E-state index in [4.69, 9.17) is 9.47 Å². The number of hydrogen-bond acceptors (Lipinski definition) is 6. The van der Waals surface area contributed by atoms with Gasteiger partial charge in [0.2, 0.25) is 11.8 Å². The van der Waals surface area contributed by atoms with Crippen LogP contribution in [-0.4, -0.2) is 34.2 Å². The zero-order valence-corrected chi connectivity index (χ0v) is 16.8. The van der Waals surface area contributed by atoms with E-state index in [-0.39, 0.29) is 11.8 Å². The lowest BCUT2D eigenvalue weighted by Crippen LogP contribution is -2.17. The summed E-state index contributed by atoms with van der Waals surface area (Å²) in [4.78, 5) is 17.7. The quantitative estimate of drug-likeness (QED) is 0.464. The first-order valence-electron chi connectivity index (χ1n) is 9.61. The SMILES string of the molecule is COc1ncccc1C(c1cccnc1OC)C(c1cccnc1)c1cccnc1. The normalized spacial score (nSPS) is 10.9. The maximum Gasteiger partial charge on any atom is 0.216 e. The highest BCUT2D eigenvalue weighted by Crippen LogP contribution is 2.46. The molecule has 6 heteroatoms. The van der Waals surface area contributed by atoms with E-state index < -0.39 is 0 Å². The smallest absolute Gasteiger partial charge is 0.216 e. The summed E-state index contributed by atoms with van der Waals surface area (Å²) in [5, 5.41) is 0. The summed E-state index contributed by atoms with van der Waals surface area (Å²) < 4.78 is 11.3. The van der Waals surface area contributed by atoms with Crippen LogP contribution in [0.15, 0.2) is 85.7 Å². The standard InChI is InChI=1S/C24H22N4O2/c1-29-23-19(9-5-13-27-23)22(20-10-6-14-28-24(20)30-2)21(17-7-3-11-25-15-17)18-8-4-12-26-16-18/h3-16,21-22H,1-2H3. The lowest BCUT2D eigenvalue weighted by Gasteiger charge is -2.30. The molecule has 4 aromatic heterocycles. The molecule has 30 heavy (non-hydrogen) atoms. The van der Waals surface area contributed by atoms with Crippen molar-refractivity contribution in [3.63, 3.8) is 0 Å². The summed E-state index contributed by atoms with van der Waals surface area (Å²) >= 11 is 0. The van der Waals surface area contributed by atoms with Crippen LogP contribution < -0.4 is 9.47 Å². The number of hydrogen-bond donors (Lipinski definition) is 0. The van der Waals surface area contributed by atoms with E-state index in [1.54, 1.807) is 39.0 Å². The minimum atomic E-state index is -0.189. The molecule has 0 saturated carbocycles. The first kappa shape index (κ1) is 19.5. The lowest BCUT2D eigenvalue weighted by atomic mass is 9.75. The van der Waals surface area contributed by atoms with Crippen molar-refractivity contribution in [2.24, 2.45) is 0 Å². The zero-order chi connectivity index (χ0) is 20.8. The van der Waals surface area contributed by atoms with E-state index in [1.165, 1.54) is 0 Å². The predicted molar refractivity (Wildman–Crippen MR) is 114 cm³/mol. The summed E-state index contributed by atoms with van der Waals surface area (Å²) in [6, 6.07) is 15.9. The topological polar surface area (TPSA) is 70.0 Å². The maximum atomic E-state index is 5.64. The largest absolute Gasteiger partial charge is 0.481 e. The van der Waals surface area contributed by atoms with Gasteiger partial charge < -0.3 is 9.47 Å². The van der Waals surface area contributed by atoms with E-state index in [0.29, 0.717) is 11.8 Å². The minimum Gasteiger partial charge on any atom is -0.481 e. The van der Waals surface area contributed by atoms with Gasteiger partial charge >= 0.3 is 0 Å². The fraction of sp³-hybridized carbons (Fsp3) is 0.167. The highest BCUT2D eigenvalue weighted by atomic mass is 16.5. The van der Waals surface area contributed by atoms with Crippen molar-refractivity contribution >= 4 is 0 Å².